The van der Waals surface area contributed by atoms with E-state index in [0.29, 0.717) is 10.8 Å². The minimum absolute atomic E-state index is 0.0794. The van der Waals surface area contributed by atoms with E-state index in [-0.39, 0.29) is 6.10 Å². The topological polar surface area (TPSA) is 47.9 Å². The molecular weight excluding hydrogens is 290 g/mol. The Labute approximate surface area is 129 Å². The van der Waals surface area contributed by atoms with Gasteiger partial charge in [-0.05, 0) is 25.8 Å². The Morgan fingerprint density at radius 2 is 2.19 bits per heavy atom. The van der Waals surface area contributed by atoms with E-state index in [1.165, 1.54) is 0 Å². The standard InChI is InChI=1S/C16H18ClNO3/c1-10-7-11-14(17)12(8-13(20-2)15(11)21-10)16(18-9-19)5-3-4-6-16/h8,10H,3-7H2,1-2H3. The van der Waals surface area contributed by atoms with Gasteiger partial charge in [-0.3, -0.25) is 0 Å². The summed E-state index contributed by atoms with van der Waals surface area (Å²) in [4.78, 5) is 15.0. The third-order valence-electron chi connectivity index (χ3n) is 4.50. The molecule has 1 aromatic carbocycles. The van der Waals surface area contributed by atoms with Gasteiger partial charge in [0.1, 0.15) is 6.10 Å². The summed E-state index contributed by atoms with van der Waals surface area (Å²) in [5.41, 5.74) is 1.29. The van der Waals surface area contributed by atoms with Crippen LogP contribution in [-0.2, 0) is 16.8 Å². The average molecular weight is 308 g/mol. The third kappa shape index (κ3) is 2.23. The number of halogens is 1. The normalized spacial score (nSPS) is 22.3. The van der Waals surface area contributed by atoms with E-state index in [9.17, 15) is 4.79 Å². The molecule has 1 atom stereocenters. The van der Waals surface area contributed by atoms with Crippen LogP contribution in [0.25, 0.3) is 0 Å². The van der Waals surface area contributed by atoms with Crippen molar-refractivity contribution in [1.82, 2.24) is 0 Å². The number of hydrogen-bond donors (Lipinski definition) is 0. The van der Waals surface area contributed by atoms with Crippen LogP contribution in [0.4, 0.5) is 0 Å². The van der Waals surface area contributed by atoms with Crippen LogP contribution in [0.1, 0.15) is 43.7 Å². The van der Waals surface area contributed by atoms with Crippen LogP contribution in [0.2, 0.25) is 5.02 Å². The maximum Gasteiger partial charge on any atom is 0.235 e. The number of benzene rings is 1. The summed E-state index contributed by atoms with van der Waals surface area (Å²) in [5.74, 6) is 1.39. The quantitative estimate of drug-likeness (QED) is 0.631. The van der Waals surface area contributed by atoms with Crippen molar-refractivity contribution < 1.29 is 14.3 Å². The number of methoxy groups -OCH3 is 1. The van der Waals surface area contributed by atoms with Crippen molar-refractivity contribution in [2.75, 3.05) is 7.11 Å². The molecular formula is C16H18ClNO3. The average Bonchev–Trinajstić information content (AvgIpc) is 3.07. The Morgan fingerprint density at radius 3 is 2.81 bits per heavy atom. The van der Waals surface area contributed by atoms with E-state index in [1.807, 2.05) is 13.0 Å². The molecule has 1 heterocycles. The number of carbonyl (C=O) groups excluding carboxylic acids is 1. The number of rotatable bonds is 3. The van der Waals surface area contributed by atoms with Crippen LogP contribution in [0.5, 0.6) is 11.5 Å². The fraction of sp³-hybridized carbons (Fsp3) is 0.562. The van der Waals surface area contributed by atoms with E-state index >= 15 is 0 Å². The number of aliphatic imine (C=N–C) groups is 1. The van der Waals surface area contributed by atoms with Crippen LogP contribution in [-0.4, -0.2) is 19.3 Å². The Morgan fingerprint density at radius 1 is 1.48 bits per heavy atom. The maximum atomic E-state index is 10.9. The summed E-state index contributed by atoms with van der Waals surface area (Å²) < 4.78 is 11.3. The molecule has 1 aliphatic carbocycles. The fourth-order valence-electron chi connectivity index (χ4n) is 3.49. The van der Waals surface area contributed by atoms with Crippen molar-refractivity contribution in [3.05, 3.63) is 22.2 Å². The van der Waals surface area contributed by atoms with Gasteiger partial charge in [0.05, 0.1) is 17.7 Å². The molecule has 2 aliphatic rings. The molecule has 1 fully saturated rings. The molecule has 1 saturated carbocycles. The molecule has 1 unspecified atom stereocenters. The second kappa shape index (κ2) is 5.36. The summed E-state index contributed by atoms with van der Waals surface area (Å²) in [7, 11) is 1.62. The molecule has 0 saturated heterocycles. The molecule has 0 spiro atoms. The zero-order valence-electron chi connectivity index (χ0n) is 12.2. The predicted molar refractivity (Wildman–Crippen MR) is 80.1 cm³/mol. The van der Waals surface area contributed by atoms with E-state index in [1.54, 1.807) is 13.2 Å². The van der Waals surface area contributed by atoms with Gasteiger partial charge in [-0.25, -0.2) is 4.79 Å². The minimum atomic E-state index is -0.549. The Balaban J connectivity index is 2.20. The molecule has 0 bridgehead atoms. The van der Waals surface area contributed by atoms with E-state index < -0.39 is 5.54 Å². The van der Waals surface area contributed by atoms with Crippen molar-refractivity contribution in [2.24, 2.45) is 4.99 Å². The summed E-state index contributed by atoms with van der Waals surface area (Å²) >= 11 is 6.63. The summed E-state index contributed by atoms with van der Waals surface area (Å²) in [6.07, 6.45) is 6.27. The number of isocyanates is 1. The van der Waals surface area contributed by atoms with Gasteiger partial charge in [-0.1, -0.05) is 24.4 Å². The molecule has 0 amide bonds. The molecule has 1 aromatic rings. The molecule has 4 nitrogen and oxygen atoms in total. The van der Waals surface area contributed by atoms with Gasteiger partial charge in [0, 0.05) is 17.5 Å². The maximum absolute atomic E-state index is 10.9. The first kappa shape index (κ1) is 14.4. The monoisotopic (exact) mass is 307 g/mol. The lowest BCUT2D eigenvalue weighted by Gasteiger charge is -2.25. The lowest BCUT2D eigenvalue weighted by molar-refractivity contribution is 0.243. The molecule has 0 aromatic heterocycles. The second-order valence-corrected chi connectivity index (χ2v) is 6.20. The second-order valence-electron chi connectivity index (χ2n) is 5.82. The fourth-order valence-corrected chi connectivity index (χ4v) is 3.89. The van der Waals surface area contributed by atoms with Gasteiger partial charge in [0.25, 0.3) is 0 Å². The molecule has 0 radical (unpaired) electrons. The van der Waals surface area contributed by atoms with Crippen LogP contribution < -0.4 is 9.47 Å². The molecule has 0 N–H and O–H groups in total. The largest absolute Gasteiger partial charge is 0.493 e. The van der Waals surface area contributed by atoms with E-state index in [2.05, 4.69) is 4.99 Å². The van der Waals surface area contributed by atoms with Gasteiger partial charge in [-0.15, -0.1) is 0 Å². The number of fused-ring (bicyclic) bond motifs is 1. The SMILES string of the molecule is COc1cc(C2(N=C=O)CCCC2)c(Cl)c2c1OC(C)C2. The Bertz CT molecular complexity index is 616. The van der Waals surface area contributed by atoms with Crippen LogP contribution in [0, 0.1) is 0 Å². The first-order valence-corrected chi connectivity index (χ1v) is 7.64. The summed E-state index contributed by atoms with van der Waals surface area (Å²) in [6, 6.07) is 1.88. The molecule has 5 heteroatoms. The van der Waals surface area contributed by atoms with E-state index in [4.69, 9.17) is 21.1 Å². The first-order valence-electron chi connectivity index (χ1n) is 7.27. The third-order valence-corrected chi connectivity index (χ3v) is 4.93. The zero-order chi connectivity index (χ0) is 15.0. The van der Waals surface area contributed by atoms with Crippen molar-refractivity contribution in [3.63, 3.8) is 0 Å². The first-order chi connectivity index (χ1) is 10.1. The molecule has 1 aliphatic heterocycles. The highest BCUT2D eigenvalue weighted by Crippen LogP contribution is 2.51. The highest BCUT2D eigenvalue weighted by molar-refractivity contribution is 6.32. The highest BCUT2D eigenvalue weighted by Gasteiger charge is 2.40. The van der Waals surface area contributed by atoms with Crippen molar-refractivity contribution in [2.45, 2.75) is 50.7 Å². The lowest BCUT2D eigenvalue weighted by Crippen LogP contribution is -2.20. The Kier molecular flexibility index (Phi) is 3.68. The smallest absolute Gasteiger partial charge is 0.235 e. The van der Waals surface area contributed by atoms with Crippen molar-refractivity contribution >= 4 is 17.7 Å². The van der Waals surface area contributed by atoms with E-state index in [0.717, 1.165) is 49.0 Å². The molecule has 21 heavy (non-hydrogen) atoms. The van der Waals surface area contributed by atoms with Crippen LogP contribution in [0.15, 0.2) is 11.1 Å². The number of hydrogen-bond acceptors (Lipinski definition) is 4. The zero-order valence-corrected chi connectivity index (χ0v) is 13.0. The predicted octanol–water partition coefficient (Wildman–Crippen LogP) is 3.78. The van der Waals surface area contributed by atoms with Crippen molar-refractivity contribution in [3.8, 4) is 11.5 Å². The van der Waals surface area contributed by atoms with Gasteiger partial charge in [0.15, 0.2) is 11.5 Å². The molecule has 112 valence electrons. The highest BCUT2D eigenvalue weighted by atomic mass is 35.5. The summed E-state index contributed by atoms with van der Waals surface area (Å²) in [5, 5.41) is 0.663. The Hall–Kier alpha value is -1.51. The summed E-state index contributed by atoms with van der Waals surface area (Å²) in [6.45, 7) is 2.00. The van der Waals surface area contributed by atoms with Gasteiger partial charge < -0.3 is 9.47 Å². The number of nitrogens with zero attached hydrogens (tertiary/aromatic N) is 1. The van der Waals surface area contributed by atoms with Crippen LogP contribution in [0.3, 0.4) is 0 Å². The lowest BCUT2D eigenvalue weighted by atomic mass is 9.87. The molecule has 3 rings (SSSR count). The van der Waals surface area contributed by atoms with Crippen LogP contribution >= 0.6 is 11.6 Å². The van der Waals surface area contributed by atoms with Gasteiger partial charge in [0.2, 0.25) is 6.08 Å². The number of ether oxygens (including phenoxy) is 2. The minimum Gasteiger partial charge on any atom is -0.493 e. The van der Waals surface area contributed by atoms with Gasteiger partial charge in [-0.2, -0.15) is 4.99 Å². The van der Waals surface area contributed by atoms with Crippen molar-refractivity contribution in [1.29, 1.82) is 0 Å². The van der Waals surface area contributed by atoms with Gasteiger partial charge >= 0.3 is 0 Å².